The van der Waals surface area contributed by atoms with Gasteiger partial charge in [0.05, 0.1) is 28.6 Å². The zero-order valence-corrected chi connectivity index (χ0v) is 23.1. The molecule has 2 aliphatic rings. The molecular weight excluding hydrogens is 490 g/mol. The number of nitrogens with two attached hydrogens (primary N) is 1. The molecule has 0 amide bonds. The Morgan fingerprint density at radius 1 is 1.05 bits per heavy atom. The fourth-order valence-corrected chi connectivity index (χ4v) is 6.57. The van der Waals surface area contributed by atoms with Crippen molar-refractivity contribution in [3.8, 4) is 0 Å². The van der Waals surface area contributed by atoms with Crippen LogP contribution in [0.4, 0.5) is 5.82 Å². The van der Waals surface area contributed by atoms with Crippen LogP contribution < -0.4 is 11.1 Å². The third-order valence-electron chi connectivity index (χ3n) is 9.03. The molecule has 3 aromatic heterocycles. The minimum atomic E-state index is -0.838. The minimum Gasteiger partial charge on any atom is -0.390 e. The standard InChI is InChI=1S/C30H41N7O2/c1-30(2,3)20-5-6-22-23(13-20)36-25(35-22)7-4-17-10-18(11-17)14-32-15-19-12-24(27(39)26(19)38)37-9-8-21-28(31)33-16-34-29(21)37/h5-6,8-9,13,16-19,24,26-27,32,38-39H,4,7,10-12,14-15H2,1-3H3,(H,35,36)(H2,31,33,34)/t17-,18-,19-,24-,26-,27+/m1/s1. The number of aromatic amines is 1. The molecule has 1 aromatic carbocycles. The van der Waals surface area contributed by atoms with Gasteiger partial charge in [-0.1, -0.05) is 26.8 Å². The molecule has 6 rings (SSSR count). The van der Waals surface area contributed by atoms with Gasteiger partial charge in [0, 0.05) is 25.1 Å². The van der Waals surface area contributed by atoms with Crippen molar-refractivity contribution < 1.29 is 10.2 Å². The van der Waals surface area contributed by atoms with Crippen molar-refractivity contribution in [3.63, 3.8) is 0 Å². The summed E-state index contributed by atoms with van der Waals surface area (Å²) in [4.78, 5) is 16.8. The summed E-state index contributed by atoms with van der Waals surface area (Å²) >= 11 is 0. The smallest absolute Gasteiger partial charge is 0.145 e. The van der Waals surface area contributed by atoms with Gasteiger partial charge in [-0.2, -0.15) is 0 Å². The Morgan fingerprint density at radius 2 is 1.87 bits per heavy atom. The van der Waals surface area contributed by atoms with Gasteiger partial charge in [0.1, 0.15) is 29.7 Å². The van der Waals surface area contributed by atoms with E-state index < -0.39 is 12.2 Å². The van der Waals surface area contributed by atoms with E-state index in [4.69, 9.17) is 10.7 Å². The van der Waals surface area contributed by atoms with Gasteiger partial charge in [0.15, 0.2) is 0 Å². The first-order valence-corrected chi connectivity index (χ1v) is 14.3. The highest BCUT2D eigenvalue weighted by atomic mass is 16.3. The van der Waals surface area contributed by atoms with Crippen molar-refractivity contribution in [1.29, 1.82) is 0 Å². The maximum Gasteiger partial charge on any atom is 0.145 e. The normalized spacial score (nSPS) is 27.4. The predicted octanol–water partition coefficient (Wildman–Crippen LogP) is 3.72. The van der Waals surface area contributed by atoms with E-state index in [1.54, 1.807) is 0 Å². The summed E-state index contributed by atoms with van der Waals surface area (Å²) in [5.74, 6) is 2.92. The second kappa shape index (κ2) is 10.2. The molecule has 0 unspecified atom stereocenters. The van der Waals surface area contributed by atoms with E-state index >= 15 is 0 Å². The molecule has 208 valence electrons. The van der Waals surface area contributed by atoms with Crippen molar-refractivity contribution in [2.24, 2.45) is 17.8 Å². The molecule has 0 aliphatic heterocycles. The van der Waals surface area contributed by atoms with Crippen LogP contribution in [0.2, 0.25) is 0 Å². The molecule has 0 bridgehead atoms. The number of anilines is 1. The number of hydrogen-bond donors (Lipinski definition) is 5. The predicted molar refractivity (Wildman–Crippen MR) is 153 cm³/mol. The molecule has 9 nitrogen and oxygen atoms in total. The zero-order chi connectivity index (χ0) is 27.3. The molecule has 3 heterocycles. The van der Waals surface area contributed by atoms with Gasteiger partial charge in [0.25, 0.3) is 0 Å². The number of nitrogen functional groups attached to an aromatic ring is 1. The number of nitrogens with zero attached hydrogens (tertiary/aromatic N) is 4. The minimum absolute atomic E-state index is 0.00982. The molecule has 0 saturated heterocycles. The number of aromatic nitrogens is 5. The zero-order valence-electron chi connectivity index (χ0n) is 23.1. The highest BCUT2D eigenvalue weighted by Gasteiger charge is 2.42. The van der Waals surface area contributed by atoms with Gasteiger partial charge in [-0.05, 0) is 73.2 Å². The third kappa shape index (κ3) is 5.15. The summed E-state index contributed by atoms with van der Waals surface area (Å²) < 4.78 is 1.93. The monoisotopic (exact) mass is 531 g/mol. The fourth-order valence-electron chi connectivity index (χ4n) is 6.57. The van der Waals surface area contributed by atoms with Crippen LogP contribution in [0.5, 0.6) is 0 Å². The molecule has 4 aromatic rings. The van der Waals surface area contributed by atoms with Crippen molar-refractivity contribution in [2.45, 2.75) is 76.5 Å². The summed E-state index contributed by atoms with van der Waals surface area (Å²) in [6, 6.07) is 8.21. The van der Waals surface area contributed by atoms with Crippen molar-refractivity contribution in [2.75, 3.05) is 18.8 Å². The summed E-state index contributed by atoms with van der Waals surface area (Å²) in [5, 5.41) is 25.9. The average molecular weight is 532 g/mol. The van der Waals surface area contributed by atoms with E-state index in [9.17, 15) is 10.2 Å². The summed E-state index contributed by atoms with van der Waals surface area (Å²) in [5.41, 5.74) is 10.3. The number of benzene rings is 1. The first-order valence-electron chi connectivity index (χ1n) is 14.3. The van der Waals surface area contributed by atoms with Crippen LogP contribution in [0.3, 0.4) is 0 Å². The molecular formula is C30H41N7O2. The van der Waals surface area contributed by atoms with E-state index in [0.29, 0.717) is 30.3 Å². The molecule has 6 N–H and O–H groups in total. The molecule has 0 spiro atoms. The van der Waals surface area contributed by atoms with Crippen molar-refractivity contribution in [1.82, 2.24) is 29.8 Å². The van der Waals surface area contributed by atoms with Crippen LogP contribution in [0.15, 0.2) is 36.8 Å². The number of rotatable bonds is 8. The molecule has 2 aliphatic carbocycles. The number of fused-ring (bicyclic) bond motifs is 2. The lowest BCUT2D eigenvalue weighted by molar-refractivity contribution is 0.00653. The lowest BCUT2D eigenvalue weighted by Crippen LogP contribution is -2.38. The third-order valence-corrected chi connectivity index (χ3v) is 9.03. The van der Waals surface area contributed by atoms with Crippen molar-refractivity contribution >= 4 is 27.9 Å². The van der Waals surface area contributed by atoms with E-state index in [2.05, 4.69) is 59.2 Å². The van der Waals surface area contributed by atoms with Crippen LogP contribution in [-0.2, 0) is 11.8 Å². The average Bonchev–Trinajstić information content (AvgIpc) is 3.56. The van der Waals surface area contributed by atoms with Gasteiger partial charge in [-0.15, -0.1) is 0 Å². The number of hydrogen-bond acceptors (Lipinski definition) is 7. The lowest BCUT2D eigenvalue weighted by atomic mass is 9.72. The summed E-state index contributed by atoms with van der Waals surface area (Å²) in [6.07, 6.45) is 7.02. The highest BCUT2D eigenvalue weighted by molar-refractivity contribution is 5.86. The summed E-state index contributed by atoms with van der Waals surface area (Å²) in [7, 11) is 0. The molecule has 0 radical (unpaired) electrons. The Kier molecular flexibility index (Phi) is 6.85. The summed E-state index contributed by atoms with van der Waals surface area (Å²) in [6.45, 7) is 8.36. The van der Waals surface area contributed by atoms with Gasteiger partial charge in [-0.25, -0.2) is 15.0 Å². The Labute approximate surface area is 229 Å². The maximum atomic E-state index is 10.8. The maximum absolute atomic E-state index is 10.8. The van der Waals surface area contributed by atoms with E-state index in [0.717, 1.165) is 47.5 Å². The second-order valence-corrected chi connectivity index (χ2v) is 12.8. The lowest BCUT2D eigenvalue weighted by Gasteiger charge is -2.36. The Balaban J connectivity index is 0.948. The number of H-pyrrole nitrogens is 1. The largest absolute Gasteiger partial charge is 0.390 e. The van der Waals surface area contributed by atoms with Gasteiger partial charge >= 0.3 is 0 Å². The Bertz CT molecular complexity index is 1450. The second-order valence-electron chi connectivity index (χ2n) is 12.8. The number of imidazole rings is 1. The molecule has 2 fully saturated rings. The number of aliphatic hydroxyl groups excluding tert-OH is 2. The molecule has 39 heavy (non-hydrogen) atoms. The van der Waals surface area contributed by atoms with Gasteiger partial charge < -0.3 is 30.8 Å². The highest BCUT2D eigenvalue weighted by Crippen LogP contribution is 2.39. The molecule has 2 saturated carbocycles. The molecule has 4 atom stereocenters. The topological polar surface area (TPSA) is 138 Å². The fraction of sp³-hybridized carbons (Fsp3) is 0.567. The first-order chi connectivity index (χ1) is 18.7. The van der Waals surface area contributed by atoms with Crippen molar-refractivity contribution in [3.05, 3.63) is 48.2 Å². The van der Waals surface area contributed by atoms with Gasteiger partial charge in [0.2, 0.25) is 0 Å². The van der Waals surface area contributed by atoms with Crippen LogP contribution in [0, 0.1) is 17.8 Å². The van der Waals surface area contributed by atoms with Crippen LogP contribution in [0.25, 0.3) is 22.1 Å². The van der Waals surface area contributed by atoms with E-state index in [-0.39, 0.29) is 17.4 Å². The van der Waals surface area contributed by atoms with Crippen LogP contribution in [0.1, 0.15) is 63.9 Å². The van der Waals surface area contributed by atoms with E-state index in [1.807, 2.05) is 16.8 Å². The first kappa shape index (κ1) is 26.2. The molecule has 9 heteroatoms. The Hall–Kier alpha value is -3.01. The number of aryl methyl sites for hydroxylation is 1. The Morgan fingerprint density at radius 3 is 2.67 bits per heavy atom. The van der Waals surface area contributed by atoms with Crippen LogP contribution >= 0.6 is 0 Å². The van der Waals surface area contributed by atoms with Crippen LogP contribution in [-0.4, -0.2) is 60.0 Å². The van der Waals surface area contributed by atoms with Gasteiger partial charge in [-0.3, -0.25) is 0 Å². The SMILES string of the molecule is CC(C)(C)c1ccc2nc(CC[C@H]3C[C@H](CNC[C@H]4C[C@@H](n5ccc6c(N)ncnc65)[C@H](O)[C@@H]4O)C3)[nH]c2c1. The van der Waals surface area contributed by atoms with E-state index in [1.165, 1.54) is 24.7 Å². The quantitative estimate of drug-likeness (QED) is 0.234. The number of aliphatic hydroxyl groups is 2. The number of nitrogens with one attached hydrogen (secondary N) is 2.